The van der Waals surface area contributed by atoms with Crippen molar-refractivity contribution >= 4 is 0 Å². The molecule has 118 valence electrons. The van der Waals surface area contributed by atoms with Crippen LogP contribution in [0.3, 0.4) is 0 Å². The fraction of sp³-hybridized carbons (Fsp3) is 0.667. The molecule has 0 spiro atoms. The summed E-state index contributed by atoms with van der Waals surface area (Å²) in [4.78, 5) is 16.2. The number of nitrogens with zero attached hydrogens (tertiary/aromatic N) is 3. The average molecular weight is 295 g/mol. The summed E-state index contributed by atoms with van der Waals surface area (Å²) in [5, 5.41) is 19.7. The molecule has 0 bridgehead atoms. The van der Waals surface area contributed by atoms with Gasteiger partial charge in [-0.2, -0.15) is 0 Å². The van der Waals surface area contributed by atoms with Crippen LogP contribution in [0.4, 0.5) is 0 Å². The first-order chi connectivity index (χ1) is 10.0. The highest BCUT2D eigenvalue weighted by Gasteiger charge is 2.19. The van der Waals surface area contributed by atoms with Crippen LogP contribution in [0, 0.1) is 0 Å². The molecule has 0 amide bonds. The van der Waals surface area contributed by atoms with Gasteiger partial charge in [-0.25, -0.2) is 0 Å². The van der Waals surface area contributed by atoms with Crippen LogP contribution < -0.4 is 5.43 Å². The summed E-state index contributed by atoms with van der Waals surface area (Å²) in [5.74, 6) is -0.183. The number of aromatic nitrogens is 1. The first-order valence-corrected chi connectivity index (χ1v) is 7.45. The lowest BCUT2D eigenvalue weighted by Crippen LogP contribution is -2.28. The lowest BCUT2D eigenvalue weighted by atomic mass is 10.2. The average Bonchev–Trinajstić information content (AvgIpc) is 2.95. The van der Waals surface area contributed by atoms with Crippen molar-refractivity contribution < 1.29 is 10.2 Å². The highest BCUT2D eigenvalue weighted by molar-refractivity contribution is 5.30. The zero-order chi connectivity index (χ0) is 15.4. The molecule has 2 N–H and O–H groups in total. The summed E-state index contributed by atoms with van der Waals surface area (Å²) >= 11 is 0. The molecule has 0 aliphatic carbocycles. The number of pyridine rings is 1. The number of aromatic hydroxyl groups is 1. The lowest BCUT2D eigenvalue weighted by Gasteiger charge is -2.23. The molecule has 1 aromatic rings. The minimum absolute atomic E-state index is 0.183. The van der Waals surface area contributed by atoms with Crippen molar-refractivity contribution in [2.75, 3.05) is 33.7 Å². The van der Waals surface area contributed by atoms with Crippen LogP contribution in [-0.2, 0) is 19.7 Å². The topological polar surface area (TPSA) is 68.9 Å². The Balaban J connectivity index is 2.36. The molecule has 1 saturated heterocycles. The van der Waals surface area contributed by atoms with E-state index in [1.165, 1.54) is 6.07 Å². The van der Waals surface area contributed by atoms with Crippen molar-refractivity contribution in [3.63, 3.8) is 0 Å². The summed E-state index contributed by atoms with van der Waals surface area (Å²) in [7, 11) is 3.95. The zero-order valence-electron chi connectivity index (χ0n) is 12.9. The molecule has 0 saturated carbocycles. The van der Waals surface area contributed by atoms with Crippen molar-refractivity contribution in [3.05, 3.63) is 27.7 Å². The molecule has 6 nitrogen and oxygen atoms in total. The van der Waals surface area contributed by atoms with Gasteiger partial charge in [-0.15, -0.1) is 0 Å². The molecule has 2 rings (SSSR count). The molecule has 6 heteroatoms. The van der Waals surface area contributed by atoms with Crippen LogP contribution in [0.2, 0.25) is 0 Å². The van der Waals surface area contributed by atoms with E-state index in [0.29, 0.717) is 24.5 Å². The smallest absolute Gasteiger partial charge is 0.223 e. The summed E-state index contributed by atoms with van der Waals surface area (Å²) in [5.41, 5.74) is 0.776. The summed E-state index contributed by atoms with van der Waals surface area (Å²) in [6.07, 6.45) is 2.31. The van der Waals surface area contributed by atoms with Crippen LogP contribution in [0.25, 0.3) is 0 Å². The third kappa shape index (κ3) is 3.84. The number of likely N-dealkylation sites (tertiary alicyclic amines) is 1. The Kier molecular flexibility index (Phi) is 5.39. The molecule has 1 aliphatic heterocycles. The quantitative estimate of drug-likeness (QED) is 0.785. The van der Waals surface area contributed by atoms with Gasteiger partial charge in [0.1, 0.15) is 0 Å². The SMILES string of the molecule is CN(C)CCn1c(CO)cc(=O)c(O)c1CN1CCCC1. The molecule has 0 unspecified atom stereocenters. The van der Waals surface area contributed by atoms with E-state index in [0.717, 1.165) is 32.5 Å². The second-order valence-electron chi connectivity index (χ2n) is 5.89. The van der Waals surface area contributed by atoms with Gasteiger partial charge < -0.3 is 19.7 Å². The van der Waals surface area contributed by atoms with E-state index in [9.17, 15) is 15.0 Å². The lowest BCUT2D eigenvalue weighted by molar-refractivity contribution is 0.256. The first kappa shape index (κ1) is 16.0. The van der Waals surface area contributed by atoms with Gasteiger partial charge in [-0.3, -0.25) is 9.69 Å². The Hall–Kier alpha value is -1.37. The fourth-order valence-electron chi connectivity index (χ4n) is 2.76. The van der Waals surface area contributed by atoms with E-state index in [1.807, 2.05) is 23.6 Å². The van der Waals surface area contributed by atoms with E-state index in [1.54, 1.807) is 0 Å². The van der Waals surface area contributed by atoms with Crippen molar-refractivity contribution in [1.29, 1.82) is 0 Å². The number of hydrogen-bond donors (Lipinski definition) is 2. The number of likely N-dealkylation sites (N-methyl/N-ethyl adjacent to an activating group) is 1. The van der Waals surface area contributed by atoms with E-state index >= 15 is 0 Å². The first-order valence-electron chi connectivity index (χ1n) is 7.45. The number of rotatable bonds is 6. The van der Waals surface area contributed by atoms with E-state index in [-0.39, 0.29) is 12.4 Å². The van der Waals surface area contributed by atoms with Crippen LogP contribution in [-0.4, -0.2) is 58.3 Å². The maximum atomic E-state index is 11.9. The Morgan fingerprint density at radius 2 is 1.95 bits per heavy atom. The Labute approximate surface area is 125 Å². The van der Waals surface area contributed by atoms with E-state index in [2.05, 4.69) is 4.90 Å². The molecule has 0 radical (unpaired) electrons. The van der Waals surface area contributed by atoms with E-state index < -0.39 is 5.43 Å². The number of aliphatic hydroxyl groups excluding tert-OH is 1. The molecular weight excluding hydrogens is 270 g/mol. The highest BCUT2D eigenvalue weighted by Crippen LogP contribution is 2.20. The van der Waals surface area contributed by atoms with Gasteiger partial charge in [0.25, 0.3) is 0 Å². The molecule has 1 aromatic heterocycles. The minimum Gasteiger partial charge on any atom is -0.503 e. The number of aliphatic hydroxyl groups is 1. The molecule has 1 fully saturated rings. The van der Waals surface area contributed by atoms with Gasteiger partial charge in [-0.1, -0.05) is 0 Å². The molecule has 1 aliphatic rings. The van der Waals surface area contributed by atoms with Gasteiger partial charge >= 0.3 is 0 Å². The maximum Gasteiger partial charge on any atom is 0.223 e. The van der Waals surface area contributed by atoms with Gasteiger partial charge in [0.15, 0.2) is 5.75 Å². The molecule has 0 aromatic carbocycles. The van der Waals surface area contributed by atoms with Gasteiger partial charge in [0, 0.05) is 31.4 Å². The number of hydrogen-bond acceptors (Lipinski definition) is 5. The summed E-state index contributed by atoms with van der Waals surface area (Å²) in [6, 6.07) is 1.33. The summed E-state index contributed by atoms with van der Waals surface area (Å²) in [6.45, 7) is 3.76. The van der Waals surface area contributed by atoms with Crippen molar-refractivity contribution in [2.45, 2.75) is 32.5 Å². The fourth-order valence-corrected chi connectivity index (χ4v) is 2.76. The molecule has 21 heavy (non-hydrogen) atoms. The largest absolute Gasteiger partial charge is 0.503 e. The van der Waals surface area contributed by atoms with Crippen LogP contribution >= 0.6 is 0 Å². The van der Waals surface area contributed by atoms with Crippen molar-refractivity contribution in [1.82, 2.24) is 14.4 Å². The van der Waals surface area contributed by atoms with Gasteiger partial charge in [0.05, 0.1) is 12.3 Å². The van der Waals surface area contributed by atoms with Gasteiger partial charge in [-0.05, 0) is 40.0 Å². The van der Waals surface area contributed by atoms with E-state index in [4.69, 9.17) is 0 Å². The predicted molar refractivity (Wildman–Crippen MR) is 81.4 cm³/mol. The Morgan fingerprint density at radius 1 is 1.29 bits per heavy atom. The van der Waals surface area contributed by atoms with Crippen LogP contribution in [0.1, 0.15) is 24.2 Å². The molecule has 2 heterocycles. The Morgan fingerprint density at radius 3 is 2.52 bits per heavy atom. The molecule has 0 atom stereocenters. The zero-order valence-corrected chi connectivity index (χ0v) is 12.9. The van der Waals surface area contributed by atoms with Crippen molar-refractivity contribution in [3.8, 4) is 5.75 Å². The second kappa shape index (κ2) is 7.06. The predicted octanol–water partition coefficient (Wildman–Crippen LogP) is 0.204. The van der Waals surface area contributed by atoms with Crippen LogP contribution in [0.5, 0.6) is 5.75 Å². The third-order valence-electron chi connectivity index (χ3n) is 3.98. The third-order valence-corrected chi connectivity index (χ3v) is 3.98. The molecular formula is C15H25N3O3. The highest BCUT2D eigenvalue weighted by atomic mass is 16.3. The normalized spacial score (nSPS) is 16.0. The maximum absolute atomic E-state index is 11.9. The van der Waals surface area contributed by atoms with Crippen molar-refractivity contribution in [2.24, 2.45) is 0 Å². The van der Waals surface area contributed by atoms with Gasteiger partial charge in [0.2, 0.25) is 5.43 Å². The second-order valence-corrected chi connectivity index (χ2v) is 5.89. The minimum atomic E-state index is -0.408. The standard InChI is InChI=1S/C15H25N3O3/c1-16(2)7-8-18-12(11-19)9-14(20)15(21)13(18)10-17-5-3-4-6-17/h9,19,21H,3-8,10-11H2,1-2H3. The Bertz CT molecular complexity index is 534. The van der Waals surface area contributed by atoms with Crippen LogP contribution in [0.15, 0.2) is 10.9 Å². The summed E-state index contributed by atoms with van der Waals surface area (Å²) < 4.78 is 1.88. The monoisotopic (exact) mass is 295 g/mol.